The fourth-order valence-electron chi connectivity index (χ4n) is 2.46. The van der Waals surface area contributed by atoms with E-state index in [1.165, 1.54) is 0 Å². The van der Waals surface area contributed by atoms with Crippen molar-refractivity contribution in [1.82, 2.24) is 19.3 Å². The van der Waals surface area contributed by atoms with Crippen molar-refractivity contribution in [3.05, 3.63) is 42.5 Å². The lowest BCUT2D eigenvalue weighted by atomic mass is 10.1. The van der Waals surface area contributed by atoms with Crippen molar-refractivity contribution in [3.63, 3.8) is 0 Å². The predicted octanol–water partition coefficient (Wildman–Crippen LogP) is 2.38. The standard InChI is InChI=1S/C17H24N4O2S/c1-24(2,3)8-7-23-13-20-12-18-15-10-16(21-6-4-5-19-21)14(11-22)9-17(15)20/h4-6,9-10,12,22H,7-8,11,13H2,1-3H3. The molecule has 1 N–H and O–H groups in total. The number of benzene rings is 1. The number of hydrogen-bond acceptors (Lipinski definition) is 4. The molecule has 0 radical (unpaired) electrons. The zero-order chi connectivity index (χ0) is 17.2. The van der Waals surface area contributed by atoms with E-state index in [1.54, 1.807) is 17.2 Å². The third kappa shape index (κ3) is 3.80. The molecule has 0 aliphatic carbocycles. The van der Waals surface area contributed by atoms with Gasteiger partial charge in [0.15, 0.2) is 0 Å². The van der Waals surface area contributed by atoms with Crippen LogP contribution in [0, 0.1) is 0 Å². The molecule has 0 aliphatic rings. The molecule has 6 nitrogen and oxygen atoms in total. The summed E-state index contributed by atoms with van der Waals surface area (Å²) in [6.07, 6.45) is 12.2. The van der Waals surface area contributed by atoms with Gasteiger partial charge in [0.2, 0.25) is 0 Å². The summed E-state index contributed by atoms with van der Waals surface area (Å²) in [5.74, 6) is 1.09. The maximum absolute atomic E-state index is 9.71. The number of rotatable bonds is 7. The normalized spacial score (nSPS) is 12.8. The van der Waals surface area contributed by atoms with Gasteiger partial charge in [-0.3, -0.25) is 0 Å². The monoisotopic (exact) mass is 348 g/mol. The average molecular weight is 348 g/mol. The minimum Gasteiger partial charge on any atom is -0.392 e. The first kappa shape index (κ1) is 17.0. The average Bonchev–Trinajstić information content (AvgIpc) is 3.19. The van der Waals surface area contributed by atoms with E-state index in [-0.39, 0.29) is 6.61 Å². The van der Waals surface area contributed by atoms with Crippen LogP contribution < -0.4 is 0 Å². The van der Waals surface area contributed by atoms with Crippen LogP contribution in [0.15, 0.2) is 36.9 Å². The first-order valence-corrected chi connectivity index (χ1v) is 10.8. The maximum Gasteiger partial charge on any atom is 0.124 e. The van der Waals surface area contributed by atoms with Crippen molar-refractivity contribution in [2.45, 2.75) is 13.3 Å². The quantitative estimate of drug-likeness (QED) is 0.666. The molecule has 0 atom stereocenters. The summed E-state index contributed by atoms with van der Waals surface area (Å²) in [7, 11) is -0.542. The van der Waals surface area contributed by atoms with Gasteiger partial charge in [0.25, 0.3) is 0 Å². The molecule has 0 spiro atoms. The number of hydrogen-bond donors (Lipinski definition) is 1. The second-order valence-electron chi connectivity index (χ2n) is 6.62. The van der Waals surface area contributed by atoms with Gasteiger partial charge in [-0.15, -0.1) is 0 Å². The Kier molecular flexibility index (Phi) is 4.93. The summed E-state index contributed by atoms with van der Waals surface area (Å²) in [5.41, 5.74) is 3.48. The highest BCUT2D eigenvalue weighted by Crippen LogP contribution is 2.33. The van der Waals surface area contributed by atoms with Crippen LogP contribution in [0.3, 0.4) is 0 Å². The van der Waals surface area contributed by atoms with Crippen molar-refractivity contribution in [3.8, 4) is 5.69 Å². The number of aliphatic hydroxyl groups is 1. The molecule has 24 heavy (non-hydrogen) atoms. The van der Waals surface area contributed by atoms with Gasteiger partial charge >= 0.3 is 0 Å². The van der Waals surface area contributed by atoms with E-state index in [0.29, 0.717) is 6.73 Å². The number of ether oxygens (including phenoxy) is 1. The number of imidazole rings is 1. The second-order valence-corrected chi connectivity index (χ2v) is 11.2. The molecule has 0 bridgehead atoms. The molecule has 0 saturated carbocycles. The molecular weight excluding hydrogens is 324 g/mol. The number of aromatic nitrogens is 4. The molecule has 3 aromatic rings. The summed E-state index contributed by atoms with van der Waals surface area (Å²) in [5, 5.41) is 14.0. The van der Waals surface area contributed by atoms with Crippen molar-refractivity contribution in [1.29, 1.82) is 0 Å². The summed E-state index contributed by atoms with van der Waals surface area (Å²) in [6, 6.07) is 5.76. The molecule has 130 valence electrons. The smallest absolute Gasteiger partial charge is 0.124 e. The van der Waals surface area contributed by atoms with Crippen molar-refractivity contribution in [2.24, 2.45) is 0 Å². The van der Waals surface area contributed by atoms with Gasteiger partial charge in [0.1, 0.15) is 6.73 Å². The summed E-state index contributed by atoms with van der Waals surface area (Å²) in [4.78, 5) is 4.46. The molecule has 0 amide bonds. The highest BCUT2D eigenvalue weighted by Gasteiger charge is 2.11. The third-order valence-electron chi connectivity index (χ3n) is 3.81. The second kappa shape index (κ2) is 6.96. The van der Waals surface area contributed by atoms with E-state index >= 15 is 0 Å². The van der Waals surface area contributed by atoms with E-state index in [2.05, 4.69) is 28.8 Å². The van der Waals surface area contributed by atoms with E-state index in [4.69, 9.17) is 4.74 Å². The molecule has 0 fully saturated rings. The molecule has 1 aromatic carbocycles. The van der Waals surface area contributed by atoms with Crippen LogP contribution in [-0.2, 0) is 18.1 Å². The molecular formula is C17H24N4O2S. The number of aliphatic hydroxyl groups excluding tert-OH is 1. The first-order valence-electron chi connectivity index (χ1n) is 7.80. The molecule has 0 saturated heterocycles. The van der Waals surface area contributed by atoms with Gasteiger partial charge in [-0.05, 0) is 37.0 Å². The fraction of sp³-hybridized carbons (Fsp3) is 0.412. The zero-order valence-electron chi connectivity index (χ0n) is 14.3. The lowest BCUT2D eigenvalue weighted by Crippen LogP contribution is -2.09. The Balaban J connectivity index is 1.82. The Morgan fingerprint density at radius 1 is 1.25 bits per heavy atom. The maximum atomic E-state index is 9.71. The van der Waals surface area contributed by atoms with Crippen LogP contribution in [0.4, 0.5) is 0 Å². The molecule has 0 unspecified atom stereocenters. The highest BCUT2D eigenvalue weighted by atomic mass is 32.3. The Hall–Kier alpha value is -1.83. The minimum absolute atomic E-state index is 0.0510. The predicted molar refractivity (Wildman–Crippen MR) is 99.0 cm³/mol. The van der Waals surface area contributed by atoms with Crippen molar-refractivity contribution in [2.75, 3.05) is 31.1 Å². The molecule has 3 rings (SSSR count). The Labute approximate surface area is 143 Å². The van der Waals surface area contributed by atoms with E-state index in [9.17, 15) is 5.11 Å². The third-order valence-corrected chi connectivity index (χ3v) is 5.20. The Morgan fingerprint density at radius 3 is 2.75 bits per heavy atom. The van der Waals surface area contributed by atoms with Crippen molar-refractivity contribution >= 4 is 21.1 Å². The molecule has 7 heteroatoms. The number of nitrogens with zero attached hydrogens (tertiary/aromatic N) is 4. The van der Waals surface area contributed by atoms with Crippen molar-refractivity contribution < 1.29 is 9.84 Å². The van der Waals surface area contributed by atoms with Gasteiger partial charge in [-0.25, -0.2) is 19.7 Å². The molecule has 2 aromatic heterocycles. The zero-order valence-corrected chi connectivity index (χ0v) is 15.2. The largest absolute Gasteiger partial charge is 0.392 e. The summed E-state index contributed by atoms with van der Waals surface area (Å²) < 4.78 is 9.52. The van der Waals surface area contributed by atoms with Gasteiger partial charge in [-0.2, -0.15) is 5.10 Å². The number of fused-ring (bicyclic) bond motifs is 1. The van der Waals surface area contributed by atoms with Crippen LogP contribution in [0.2, 0.25) is 0 Å². The lowest BCUT2D eigenvalue weighted by molar-refractivity contribution is 0.0923. The summed E-state index contributed by atoms with van der Waals surface area (Å²) >= 11 is 0. The van der Waals surface area contributed by atoms with Gasteiger partial charge in [-0.1, -0.05) is 0 Å². The first-order chi connectivity index (χ1) is 11.5. The SMILES string of the molecule is CS(C)(C)CCOCn1cnc2cc(-n3cccn3)c(CO)cc21. The molecule has 0 aliphatic heterocycles. The van der Waals surface area contributed by atoms with Gasteiger partial charge in [0, 0.05) is 23.7 Å². The minimum atomic E-state index is -0.542. The lowest BCUT2D eigenvalue weighted by Gasteiger charge is -2.24. The van der Waals surface area contributed by atoms with E-state index in [0.717, 1.165) is 34.6 Å². The Bertz CT molecular complexity index is 806. The van der Waals surface area contributed by atoms with Crippen LogP contribution in [0.1, 0.15) is 5.56 Å². The van der Waals surface area contributed by atoms with Gasteiger partial charge < -0.3 is 14.4 Å². The van der Waals surface area contributed by atoms with E-state index < -0.39 is 10.0 Å². The topological polar surface area (TPSA) is 65.1 Å². The highest BCUT2D eigenvalue weighted by molar-refractivity contribution is 8.32. The Morgan fingerprint density at radius 2 is 2.08 bits per heavy atom. The molecule has 2 heterocycles. The fourth-order valence-corrected chi connectivity index (χ4v) is 3.08. The van der Waals surface area contributed by atoms with E-state index in [1.807, 2.05) is 29.0 Å². The van der Waals surface area contributed by atoms with Crippen LogP contribution in [0.25, 0.3) is 16.7 Å². The summed E-state index contributed by atoms with van der Waals surface area (Å²) in [6.45, 7) is 1.17. The van der Waals surface area contributed by atoms with Gasteiger partial charge in [0.05, 0.1) is 36.3 Å². The van der Waals surface area contributed by atoms with Crippen LogP contribution in [0.5, 0.6) is 0 Å². The van der Waals surface area contributed by atoms with Crippen LogP contribution in [-0.4, -0.2) is 55.6 Å². The van der Waals surface area contributed by atoms with Crippen LogP contribution >= 0.6 is 10.0 Å².